The van der Waals surface area contributed by atoms with Crippen molar-refractivity contribution in [2.45, 2.75) is 6.42 Å². The van der Waals surface area contributed by atoms with Gasteiger partial charge >= 0.3 is 0 Å². The number of benzene rings is 1. The summed E-state index contributed by atoms with van der Waals surface area (Å²) >= 11 is 11.7. The van der Waals surface area contributed by atoms with Crippen molar-refractivity contribution in [3.05, 3.63) is 33.8 Å². The smallest absolute Gasteiger partial charge is 0.0555 e. The molecular weight excluding hydrogens is 221 g/mol. The molecule has 4 heteroatoms. The molecule has 1 aromatic rings. The Bertz CT molecular complexity index is 291. The van der Waals surface area contributed by atoms with E-state index in [0.717, 1.165) is 18.5 Å². The number of hydrogen-bond donors (Lipinski definition) is 2. The number of nitrogens with one attached hydrogen (secondary N) is 1. The quantitative estimate of drug-likeness (QED) is 0.765. The molecule has 2 N–H and O–H groups in total. The highest BCUT2D eigenvalue weighted by molar-refractivity contribution is 6.35. The molecule has 0 heterocycles. The molecule has 0 spiro atoms. The summed E-state index contributed by atoms with van der Waals surface area (Å²) < 4.78 is 0. The van der Waals surface area contributed by atoms with Crippen molar-refractivity contribution in [1.82, 2.24) is 5.32 Å². The lowest BCUT2D eigenvalue weighted by molar-refractivity contribution is 0.293. The summed E-state index contributed by atoms with van der Waals surface area (Å²) in [5.41, 5.74) is 1.07. The van der Waals surface area contributed by atoms with Gasteiger partial charge in [0.25, 0.3) is 0 Å². The average Bonchev–Trinajstić information content (AvgIpc) is 2.15. The second-order valence-electron chi connectivity index (χ2n) is 2.96. The van der Waals surface area contributed by atoms with E-state index in [2.05, 4.69) is 5.32 Å². The number of hydrogen-bond acceptors (Lipinski definition) is 2. The fourth-order valence-electron chi connectivity index (χ4n) is 1.15. The van der Waals surface area contributed by atoms with Gasteiger partial charge < -0.3 is 10.4 Å². The molecular formula is C10H13Cl2NO. The lowest BCUT2D eigenvalue weighted by Crippen LogP contribution is -2.20. The van der Waals surface area contributed by atoms with Gasteiger partial charge in [0.2, 0.25) is 0 Å². The van der Waals surface area contributed by atoms with Crippen molar-refractivity contribution in [2.75, 3.05) is 19.7 Å². The Morgan fingerprint density at radius 2 is 2.00 bits per heavy atom. The summed E-state index contributed by atoms with van der Waals surface area (Å²) in [4.78, 5) is 0. The van der Waals surface area contributed by atoms with E-state index in [4.69, 9.17) is 28.3 Å². The summed E-state index contributed by atoms with van der Waals surface area (Å²) in [5, 5.41) is 13.0. The van der Waals surface area contributed by atoms with E-state index in [1.54, 1.807) is 6.07 Å². The van der Waals surface area contributed by atoms with Gasteiger partial charge in [-0.25, -0.2) is 0 Å². The van der Waals surface area contributed by atoms with Gasteiger partial charge in [0, 0.05) is 16.6 Å². The van der Waals surface area contributed by atoms with E-state index in [1.807, 2.05) is 12.1 Å². The minimum atomic E-state index is 0.161. The van der Waals surface area contributed by atoms with Crippen molar-refractivity contribution in [3.8, 4) is 0 Å². The van der Waals surface area contributed by atoms with E-state index in [1.165, 1.54) is 0 Å². The first-order chi connectivity index (χ1) is 6.74. The van der Waals surface area contributed by atoms with Crippen molar-refractivity contribution >= 4 is 23.2 Å². The molecule has 0 saturated carbocycles. The predicted molar refractivity (Wildman–Crippen MR) is 60.1 cm³/mol. The Morgan fingerprint density at radius 3 is 2.64 bits per heavy atom. The van der Waals surface area contributed by atoms with Gasteiger partial charge in [-0.15, -0.1) is 0 Å². The van der Waals surface area contributed by atoms with Crippen molar-refractivity contribution in [1.29, 1.82) is 0 Å². The number of aliphatic hydroxyl groups is 1. The minimum Gasteiger partial charge on any atom is -0.395 e. The number of rotatable bonds is 5. The predicted octanol–water partition coefficient (Wildman–Crippen LogP) is 2.12. The first kappa shape index (κ1) is 11.8. The lowest BCUT2D eigenvalue weighted by atomic mass is 10.1. The Balaban J connectivity index is 2.42. The van der Waals surface area contributed by atoms with E-state index < -0.39 is 0 Å². The van der Waals surface area contributed by atoms with Crippen molar-refractivity contribution < 1.29 is 5.11 Å². The Hall–Kier alpha value is -0.280. The summed E-state index contributed by atoms with van der Waals surface area (Å²) in [7, 11) is 0. The third-order valence-electron chi connectivity index (χ3n) is 1.87. The average molecular weight is 234 g/mol. The molecule has 2 nitrogen and oxygen atoms in total. The monoisotopic (exact) mass is 233 g/mol. The molecule has 0 aliphatic rings. The highest BCUT2D eigenvalue weighted by Gasteiger charge is 2.00. The van der Waals surface area contributed by atoms with Crippen LogP contribution in [0.3, 0.4) is 0 Å². The molecule has 1 aromatic carbocycles. The topological polar surface area (TPSA) is 32.3 Å². The Kier molecular flexibility index (Phi) is 5.26. The Morgan fingerprint density at radius 1 is 1.21 bits per heavy atom. The van der Waals surface area contributed by atoms with Crippen LogP contribution in [-0.2, 0) is 6.42 Å². The maximum absolute atomic E-state index is 8.55. The molecule has 0 bridgehead atoms. The van der Waals surface area contributed by atoms with Gasteiger partial charge in [-0.3, -0.25) is 0 Å². The van der Waals surface area contributed by atoms with Crippen LogP contribution >= 0.6 is 23.2 Å². The molecule has 0 aliphatic carbocycles. The standard InChI is InChI=1S/C10H13Cl2NO/c11-9-2-1-8(10(12)7-9)3-4-13-5-6-14/h1-2,7,13-14H,3-6H2. The van der Waals surface area contributed by atoms with Gasteiger partial charge in [0.05, 0.1) is 6.61 Å². The van der Waals surface area contributed by atoms with Crippen LogP contribution in [0.2, 0.25) is 10.0 Å². The normalized spacial score (nSPS) is 10.5. The Labute approximate surface area is 93.8 Å². The van der Waals surface area contributed by atoms with E-state index in [0.29, 0.717) is 16.6 Å². The zero-order chi connectivity index (χ0) is 10.4. The van der Waals surface area contributed by atoms with Crippen molar-refractivity contribution in [3.63, 3.8) is 0 Å². The lowest BCUT2D eigenvalue weighted by Gasteiger charge is -2.05. The molecule has 0 aliphatic heterocycles. The van der Waals surface area contributed by atoms with E-state index in [-0.39, 0.29) is 6.61 Å². The van der Waals surface area contributed by atoms with Crippen LogP contribution in [0.1, 0.15) is 5.56 Å². The second kappa shape index (κ2) is 6.25. The second-order valence-corrected chi connectivity index (χ2v) is 3.80. The molecule has 0 saturated heterocycles. The largest absolute Gasteiger partial charge is 0.395 e. The van der Waals surface area contributed by atoms with Crippen LogP contribution in [0.4, 0.5) is 0 Å². The van der Waals surface area contributed by atoms with Gasteiger partial charge in [-0.05, 0) is 30.7 Å². The summed E-state index contributed by atoms with van der Waals surface area (Å²) in [6, 6.07) is 5.49. The van der Waals surface area contributed by atoms with Gasteiger partial charge in [0.1, 0.15) is 0 Å². The summed E-state index contributed by atoms with van der Waals surface area (Å²) in [5.74, 6) is 0. The molecule has 0 atom stereocenters. The fraction of sp³-hybridized carbons (Fsp3) is 0.400. The summed E-state index contributed by atoms with van der Waals surface area (Å²) in [6.07, 6.45) is 0.843. The third kappa shape index (κ3) is 3.84. The van der Waals surface area contributed by atoms with Crippen LogP contribution in [0.15, 0.2) is 18.2 Å². The molecule has 0 unspecified atom stereocenters. The summed E-state index contributed by atoms with van der Waals surface area (Å²) in [6.45, 7) is 1.58. The number of aliphatic hydroxyl groups excluding tert-OH is 1. The van der Waals surface area contributed by atoms with Crippen LogP contribution in [0, 0.1) is 0 Å². The molecule has 14 heavy (non-hydrogen) atoms. The van der Waals surface area contributed by atoms with Gasteiger partial charge in [-0.2, -0.15) is 0 Å². The molecule has 78 valence electrons. The minimum absolute atomic E-state index is 0.161. The van der Waals surface area contributed by atoms with E-state index in [9.17, 15) is 0 Å². The third-order valence-corrected chi connectivity index (χ3v) is 2.46. The molecule has 1 rings (SSSR count). The van der Waals surface area contributed by atoms with E-state index >= 15 is 0 Å². The molecule has 0 fully saturated rings. The molecule has 0 radical (unpaired) electrons. The zero-order valence-electron chi connectivity index (χ0n) is 7.76. The van der Waals surface area contributed by atoms with Crippen LogP contribution in [-0.4, -0.2) is 24.8 Å². The van der Waals surface area contributed by atoms with Gasteiger partial charge in [0.15, 0.2) is 0 Å². The maximum Gasteiger partial charge on any atom is 0.0555 e. The molecule has 0 aromatic heterocycles. The maximum atomic E-state index is 8.55. The highest BCUT2D eigenvalue weighted by atomic mass is 35.5. The van der Waals surface area contributed by atoms with Crippen LogP contribution in [0.25, 0.3) is 0 Å². The first-order valence-electron chi connectivity index (χ1n) is 4.49. The SMILES string of the molecule is OCCNCCc1ccc(Cl)cc1Cl. The number of halogens is 2. The van der Waals surface area contributed by atoms with Crippen LogP contribution in [0.5, 0.6) is 0 Å². The zero-order valence-corrected chi connectivity index (χ0v) is 9.28. The van der Waals surface area contributed by atoms with Crippen molar-refractivity contribution in [2.24, 2.45) is 0 Å². The highest BCUT2D eigenvalue weighted by Crippen LogP contribution is 2.20. The van der Waals surface area contributed by atoms with Gasteiger partial charge in [-0.1, -0.05) is 29.3 Å². The molecule has 0 amide bonds. The van der Waals surface area contributed by atoms with Crippen LogP contribution < -0.4 is 5.32 Å². The fourth-order valence-corrected chi connectivity index (χ4v) is 1.65. The first-order valence-corrected chi connectivity index (χ1v) is 5.25.